The molecule has 32 heavy (non-hydrogen) atoms. The van der Waals surface area contributed by atoms with Crippen LogP contribution in [0.3, 0.4) is 0 Å². The van der Waals surface area contributed by atoms with E-state index >= 15 is 0 Å². The van der Waals surface area contributed by atoms with Gasteiger partial charge in [-0.25, -0.2) is 8.42 Å². The molecule has 1 amide bonds. The highest BCUT2D eigenvalue weighted by molar-refractivity contribution is 7.93. The minimum absolute atomic E-state index is 0.0140. The first kappa shape index (κ1) is 23.3. The first-order valence-electron chi connectivity index (χ1n) is 10.2. The molecule has 0 aromatic heterocycles. The SMILES string of the molecule is COc1ccc(C)cc1S(=O)(=O)N(CC(=O)Nc1cc(C)ccc1C)c1ccc(C)cc1. The highest BCUT2D eigenvalue weighted by Crippen LogP contribution is 2.31. The average molecular weight is 453 g/mol. The molecule has 0 atom stereocenters. The first-order chi connectivity index (χ1) is 15.1. The molecule has 0 aliphatic heterocycles. The molecule has 3 aromatic rings. The van der Waals surface area contributed by atoms with Crippen molar-refractivity contribution in [2.24, 2.45) is 0 Å². The molecule has 1 N–H and O–H groups in total. The number of hydrogen-bond acceptors (Lipinski definition) is 4. The fraction of sp³-hybridized carbons (Fsp3) is 0.240. The van der Waals surface area contributed by atoms with Crippen molar-refractivity contribution in [3.8, 4) is 5.75 Å². The predicted octanol–water partition coefficient (Wildman–Crippen LogP) is 4.76. The summed E-state index contributed by atoms with van der Waals surface area (Å²) < 4.78 is 33.9. The molecule has 0 saturated heterocycles. The molecule has 0 heterocycles. The van der Waals surface area contributed by atoms with Crippen LogP contribution in [0.4, 0.5) is 11.4 Å². The summed E-state index contributed by atoms with van der Waals surface area (Å²) in [7, 11) is -2.67. The van der Waals surface area contributed by atoms with E-state index in [1.165, 1.54) is 7.11 Å². The van der Waals surface area contributed by atoms with Gasteiger partial charge >= 0.3 is 0 Å². The molecule has 0 spiro atoms. The molecule has 3 rings (SSSR count). The number of carbonyl (C=O) groups excluding carboxylic acids is 1. The third-order valence-corrected chi connectivity index (χ3v) is 6.96. The van der Waals surface area contributed by atoms with Crippen molar-refractivity contribution in [1.82, 2.24) is 0 Å². The maximum absolute atomic E-state index is 13.7. The molecular formula is C25H28N2O4S. The Morgan fingerprint density at radius 2 is 1.47 bits per heavy atom. The average Bonchev–Trinajstić information content (AvgIpc) is 2.75. The lowest BCUT2D eigenvalue weighted by Gasteiger charge is -2.25. The molecule has 0 radical (unpaired) electrons. The van der Waals surface area contributed by atoms with Gasteiger partial charge in [0.25, 0.3) is 10.0 Å². The van der Waals surface area contributed by atoms with Crippen molar-refractivity contribution in [2.45, 2.75) is 32.6 Å². The summed E-state index contributed by atoms with van der Waals surface area (Å²) in [6.45, 7) is 7.17. The minimum atomic E-state index is -4.09. The number of amides is 1. The van der Waals surface area contributed by atoms with Crippen LogP contribution < -0.4 is 14.4 Å². The molecule has 168 valence electrons. The second-order valence-electron chi connectivity index (χ2n) is 7.87. The number of carbonyl (C=O) groups is 1. The van der Waals surface area contributed by atoms with Gasteiger partial charge in [-0.05, 0) is 74.7 Å². The largest absolute Gasteiger partial charge is 0.495 e. The van der Waals surface area contributed by atoms with Gasteiger partial charge in [0.05, 0.1) is 12.8 Å². The number of hydrogen-bond donors (Lipinski definition) is 1. The highest BCUT2D eigenvalue weighted by Gasteiger charge is 2.30. The number of benzene rings is 3. The molecule has 3 aromatic carbocycles. The fourth-order valence-electron chi connectivity index (χ4n) is 3.32. The van der Waals surface area contributed by atoms with E-state index in [4.69, 9.17) is 4.74 Å². The third kappa shape index (κ3) is 5.11. The van der Waals surface area contributed by atoms with E-state index in [1.807, 2.05) is 58.0 Å². The standard InChI is InChI=1S/C25H28N2O4S/c1-17-7-11-21(12-8-17)27(16-25(28)26-22-14-18(2)6-10-20(22)4)32(29,30)24-15-19(3)9-13-23(24)31-5/h6-15H,16H2,1-5H3,(H,26,28). The van der Waals surface area contributed by atoms with E-state index in [9.17, 15) is 13.2 Å². The number of rotatable bonds is 7. The van der Waals surface area contributed by atoms with Crippen molar-refractivity contribution in [2.75, 3.05) is 23.3 Å². The summed E-state index contributed by atoms with van der Waals surface area (Å²) in [5.74, 6) is -0.211. The van der Waals surface area contributed by atoms with Crippen LogP contribution in [-0.4, -0.2) is 28.0 Å². The second kappa shape index (κ2) is 9.44. The van der Waals surface area contributed by atoms with Gasteiger partial charge in [-0.3, -0.25) is 9.10 Å². The normalized spacial score (nSPS) is 11.2. The second-order valence-corrected chi connectivity index (χ2v) is 9.70. The van der Waals surface area contributed by atoms with Gasteiger partial charge in [-0.15, -0.1) is 0 Å². The van der Waals surface area contributed by atoms with Crippen LogP contribution in [0.15, 0.2) is 65.6 Å². The Kier molecular flexibility index (Phi) is 6.89. The fourth-order valence-corrected chi connectivity index (χ4v) is 4.99. The number of ether oxygens (including phenoxy) is 1. The summed E-state index contributed by atoms with van der Waals surface area (Å²) in [4.78, 5) is 13.0. The number of sulfonamides is 1. The monoisotopic (exact) mass is 452 g/mol. The number of aryl methyl sites for hydroxylation is 4. The van der Waals surface area contributed by atoms with Crippen molar-refractivity contribution in [3.05, 3.63) is 82.9 Å². The van der Waals surface area contributed by atoms with Crippen LogP contribution in [-0.2, 0) is 14.8 Å². The lowest BCUT2D eigenvalue weighted by molar-refractivity contribution is -0.114. The van der Waals surface area contributed by atoms with Gasteiger partial charge in [-0.1, -0.05) is 35.9 Å². The zero-order valence-corrected chi connectivity index (χ0v) is 19.8. The van der Waals surface area contributed by atoms with Gasteiger partial charge < -0.3 is 10.1 Å². The van der Waals surface area contributed by atoms with E-state index < -0.39 is 15.9 Å². The smallest absolute Gasteiger partial charge is 0.268 e. The van der Waals surface area contributed by atoms with Crippen LogP contribution in [0.25, 0.3) is 0 Å². The van der Waals surface area contributed by atoms with Gasteiger partial charge in [0.15, 0.2) is 0 Å². The molecule has 0 aliphatic carbocycles. The summed E-state index contributed by atoms with van der Waals surface area (Å²) in [5, 5.41) is 2.85. The number of methoxy groups -OCH3 is 1. The zero-order valence-electron chi connectivity index (χ0n) is 19.0. The first-order valence-corrected chi connectivity index (χ1v) is 11.7. The topological polar surface area (TPSA) is 75.7 Å². The van der Waals surface area contributed by atoms with E-state index in [0.29, 0.717) is 11.4 Å². The Morgan fingerprint density at radius 1 is 0.875 bits per heavy atom. The van der Waals surface area contributed by atoms with E-state index in [1.54, 1.807) is 30.3 Å². The third-order valence-electron chi connectivity index (χ3n) is 5.16. The van der Waals surface area contributed by atoms with Crippen molar-refractivity contribution >= 4 is 27.3 Å². The molecular weight excluding hydrogens is 424 g/mol. The molecule has 0 aliphatic rings. The van der Waals surface area contributed by atoms with E-state index in [2.05, 4.69) is 5.32 Å². The minimum Gasteiger partial charge on any atom is -0.495 e. The van der Waals surface area contributed by atoms with Crippen LogP contribution >= 0.6 is 0 Å². The summed E-state index contributed by atoms with van der Waals surface area (Å²) in [5.41, 5.74) is 4.71. The Labute approximate surface area is 189 Å². The van der Waals surface area contributed by atoms with E-state index in [0.717, 1.165) is 26.6 Å². The summed E-state index contributed by atoms with van der Waals surface area (Å²) >= 11 is 0. The van der Waals surface area contributed by atoms with Crippen LogP contribution in [0.5, 0.6) is 5.75 Å². The van der Waals surface area contributed by atoms with E-state index in [-0.39, 0.29) is 17.2 Å². The Hall–Kier alpha value is -3.32. The van der Waals surface area contributed by atoms with Gasteiger partial charge in [0, 0.05) is 5.69 Å². The summed E-state index contributed by atoms with van der Waals surface area (Å²) in [6, 6.07) is 17.7. The van der Waals surface area contributed by atoms with Gasteiger partial charge in [-0.2, -0.15) is 0 Å². The molecule has 0 unspecified atom stereocenters. The van der Waals surface area contributed by atoms with Crippen molar-refractivity contribution in [3.63, 3.8) is 0 Å². The zero-order chi connectivity index (χ0) is 23.5. The van der Waals surface area contributed by atoms with Crippen LogP contribution in [0, 0.1) is 27.7 Å². The molecule has 6 nitrogen and oxygen atoms in total. The Morgan fingerprint density at radius 3 is 2.12 bits per heavy atom. The number of anilines is 2. The lowest BCUT2D eigenvalue weighted by atomic mass is 10.1. The van der Waals surface area contributed by atoms with Crippen LogP contribution in [0.2, 0.25) is 0 Å². The number of nitrogens with zero attached hydrogens (tertiary/aromatic N) is 1. The van der Waals surface area contributed by atoms with Crippen molar-refractivity contribution < 1.29 is 17.9 Å². The highest BCUT2D eigenvalue weighted by atomic mass is 32.2. The van der Waals surface area contributed by atoms with Gasteiger partial charge in [0.2, 0.25) is 5.91 Å². The lowest BCUT2D eigenvalue weighted by Crippen LogP contribution is -2.38. The summed E-state index contributed by atoms with van der Waals surface area (Å²) in [6.07, 6.45) is 0. The maximum Gasteiger partial charge on any atom is 0.268 e. The quantitative estimate of drug-likeness (QED) is 0.561. The Bertz CT molecular complexity index is 1240. The van der Waals surface area contributed by atoms with Crippen molar-refractivity contribution in [1.29, 1.82) is 0 Å². The molecule has 0 fully saturated rings. The molecule has 0 saturated carbocycles. The van der Waals surface area contributed by atoms with Gasteiger partial charge in [0.1, 0.15) is 17.2 Å². The number of nitrogens with one attached hydrogen (secondary N) is 1. The van der Waals surface area contributed by atoms with Crippen LogP contribution in [0.1, 0.15) is 22.3 Å². The Balaban J connectivity index is 2.03. The molecule has 7 heteroatoms. The molecule has 0 bridgehead atoms. The predicted molar refractivity (Wildman–Crippen MR) is 128 cm³/mol. The maximum atomic E-state index is 13.7.